The zero-order chi connectivity index (χ0) is 6.78. The lowest BCUT2D eigenvalue weighted by atomic mass is 10.1. The molecule has 0 aliphatic rings. The molecule has 0 radical (unpaired) electrons. The molecule has 0 rings (SSSR count). The Morgan fingerprint density at radius 3 is 2.25 bits per heavy atom. The van der Waals surface area contributed by atoms with Crippen LogP contribution in [0.25, 0.3) is 0 Å². The quantitative estimate of drug-likeness (QED) is 0.562. The minimum atomic E-state index is -0.847. The number of primary amides is 1. The van der Waals surface area contributed by atoms with E-state index in [2.05, 4.69) is 0 Å². The first-order valence-electron chi connectivity index (χ1n) is 2.49. The Morgan fingerprint density at radius 1 is 1.88 bits per heavy atom. The first-order valence-corrected chi connectivity index (χ1v) is 2.87. The van der Waals surface area contributed by atoms with Gasteiger partial charge in [0.15, 0.2) is 0 Å². The van der Waals surface area contributed by atoms with Crippen LogP contribution in [0.2, 0.25) is 0 Å². The van der Waals surface area contributed by atoms with E-state index in [1.807, 2.05) is 6.92 Å². The van der Waals surface area contributed by atoms with Crippen molar-refractivity contribution in [3.63, 3.8) is 0 Å². The van der Waals surface area contributed by atoms with E-state index < -0.39 is 10.8 Å². The van der Waals surface area contributed by atoms with Gasteiger partial charge in [0, 0.05) is 0 Å². The second-order valence-corrected chi connectivity index (χ2v) is 2.75. The van der Waals surface area contributed by atoms with Crippen molar-refractivity contribution in [1.29, 1.82) is 0 Å². The van der Waals surface area contributed by atoms with Gasteiger partial charge in [0.2, 0.25) is 5.91 Å². The number of hydrogen-bond acceptors (Lipinski definition) is 1. The standard InChI is InChI=1S/C5H10ClNO/c1-3-5(2,6)4(7)8/h3H2,1-2H3,(H2,7,8). The minimum absolute atomic E-state index is 0.457. The summed E-state index contributed by atoms with van der Waals surface area (Å²) in [5, 5.41) is 0. The number of alkyl halides is 1. The Kier molecular flexibility index (Phi) is 2.28. The van der Waals surface area contributed by atoms with E-state index in [4.69, 9.17) is 17.3 Å². The maximum Gasteiger partial charge on any atom is 0.238 e. The van der Waals surface area contributed by atoms with Gasteiger partial charge in [0.25, 0.3) is 0 Å². The van der Waals surface area contributed by atoms with Gasteiger partial charge >= 0.3 is 0 Å². The number of rotatable bonds is 2. The molecule has 1 amide bonds. The summed E-state index contributed by atoms with van der Waals surface area (Å²) in [5.74, 6) is -0.457. The van der Waals surface area contributed by atoms with Gasteiger partial charge in [-0.15, -0.1) is 11.6 Å². The van der Waals surface area contributed by atoms with E-state index in [0.717, 1.165) is 0 Å². The van der Waals surface area contributed by atoms with Gasteiger partial charge in [0.1, 0.15) is 4.87 Å². The molecule has 8 heavy (non-hydrogen) atoms. The van der Waals surface area contributed by atoms with Gasteiger partial charge in [-0.3, -0.25) is 4.79 Å². The third-order valence-electron chi connectivity index (χ3n) is 1.18. The normalized spacial score (nSPS) is 17.4. The van der Waals surface area contributed by atoms with Gasteiger partial charge in [-0.05, 0) is 13.3 Å². The summed E-state index contributed by atoms with van der Waals surface area (Å²) in [4.78, 5) is 9.50. The molecule has 0 aliphatic carbocycles. The van der Waals surface area contributed by atoms with Gasteiger partial charge < -0.3 is 5.73 Å². The highest BCUT2D eigenvalue weighted by Crippen LogP contribution is 2.16. The van der Waals surface area contributed by atoms with Crippen LogP contribution in [0.1, 0.15) is 20.3 Å². The van der Waals surface area contributed by atoms with Crippen LogP contribution in [-0.2, 0) is 4.79 Å². The van der Waals surface area contributed by atoms with E-state index in [1.165, 1.54) is 0 Å². The van der Waals surface area contributed by atoms with Crippen LogP contribution in [0.4, 0.5) is 0 Å². The van der Waals surface area contributed by atoms with Crippen LogP contribution in [0.15, 0.2) is 0 Å². The summed E-state index contributed by atoms with van der Waals surface area (Å²) < 4.78 is 0. The van der Waals surface area contributed by atoms with Crippen molar-refractivity contribution < 1.29 is 4.79 Å². The topological polar surface area (TPSA) is 43.1 Å². The fourth-order valence-electron chi connectivity index (χ4n) is 0.174. The van der Waals surface area contributed by atoms with Gasteiger partial charge in [-0.1, -0.05) is 6.92 Å². The molecule has 0 saturated heterocycles. The van der Waals surface area contributed by atoms with Crippen LogP contribution >= 0.6 is 11.6 Å². The lowest BCUT2D eigenvalue weighted by molar-refractivity contribution is -0.120. The monoisotopic (exact) mass is 135 g/mol. The molecule has 0 aliphatic heterocycles. The molecule has 0 bridgehead atoms. The van der Waals surface area contributed by atoms with Crippen molar-refractivity contribution >= 4 is 17.5 Å². The van der Waals surface area contributed by atoms with Crippen molar-refractivity contribution in [3.8, 4) is 0 Å². The summed E-state index contributed by atoms with van der Waals surface area (Å²) in [7, 11) is 0. The molecule has 0 aromatic rings. The molecular formula is C5H10ClNO. The van der Waals surface area contributed by atoms with Crippen molar-refractivity contribution in [2.24, 2.45) is 5.73 Å². The van der Waals surface area contributed by atoms with E-state index in [9.17, 15) is 4.79 Å². The first-order chi connectivity index (χ1) is 3.50. The summed E-state index contributed by atoms with van der Waals surface area (Å²) in [6.45, 7) is 3.43. The van der Waals surface area contributed by atoms with Gasteiger partial charge in [-0.2, -0.15) is 0 Å². The predicted molar refractivity (Wildman–Crippen MR) is 33.7 cm³/mol. The lowest BCUT2D eigenvalue weighted by Gasteiger charge is -2.13. The Morgan fingerprint density at radius 2 is 2.25 bits per heavy atom. The van der Waals surface area contributed by atoms with E-state index >= 15 is 0 Å². The van der Waals surface area contributed by atoms with Crippen LogP contribution in [0, 0.1) is 0 Å². The van der Waals surface area contributed by atoms with Crippen molar-refractivity contribution in [1.82, 2.24) is 0 Å². The number of carbonyl (C=O) groups is 1. The average Bonchev–Trinajstić information content (AvgIpc) is 1.67. The predicted octanol–water partition coefficient (Wildman–Crippen LogP) is 0.879. The summed E-state index contributed by atoms with van der Waals surface area (Å²) in [6.07, 6.45) is 0.573. The van der Waals surface area contributed by atoms with Crippen LogP contribution in [0.5, 0.6) is 0 Å². The number of nitrogens with two attached hydrogens (primary N) is 1. The zero-order valence-electron chi connectivity index (χ0n) is 5.07. The fraction of sp³-hybridized carbons (Fsp3) is 0.800. The highest BCUT2D eigenvalue weighted by Gasteiger charge is 2.24. The zero-order valence-corrected chi connectivity index (χ0v) is 5.83. The molecule has 0 aromatic carbocycles. The molecule has 2 nitrogen and oxygen atoms in total. The fourth-order valence-corrected chi connectivity index (χ4v) is 0.174. The SMILES string of the molecule is CCC(C)(Cl)C(N)=O. The van der Waals surface area contributed by atoms with Crippen molar-refractivity contribution in [3.05, 3.63) is 0 Å². The third-order valence-corrected chi connectivity index (χ3v) is 1.63. The van der Waals surface area contributed by atoms with Gasteiger partial charge in [0.05, 0.1) is 0 Å². The number of hydrogen-bond donors (Lipinski definition) is 1. The Bertz CT molecular complexity index is 101. The summed E-state index contributed by atoms with van der Waals surface area (Å²) >= 11 is 5.58. The number of carbonyl (C=O) groups excluding carboxylic acids is 1. The molecule has 0 spiro atoms. The molecule has 48 valence electrons. The largest absolute Gasteiger partial charge is 0.368 e. The first kappa shape index (κ1) is 7.76. The molecule has 0 fully saturated rings. The number of amides is 1. The second-order valence-electron chi connectivity index (χ2n) is 1.92. The average molecular weight is 136 g/mol. The molecule has 1 unspecified atom stereocenters. The smallest absolute Gasteiger partial charge is 0.238 e. The van der Waals surface area contributed by atoms with Crippen LogP contribution in [0.3, 0.4) is 0 Å². The molecule has 0 aromatic heterocycles. The van der Waals surface area contributed by atoms with E-state index in [0.29, 0.717) is 6.42 Å². The van der Waals surface area contributed by atoms with Crippen LogP contribution < -0.4 is 5.73 Å². The van der Waals surface area contributed by atoms with E-state index in [1.54, 1.807) is 6.92 Å². The molecule has 1 atom stereocenters. The summed E-state index contributed by atoms with van der Waals surface area (Å²) in [6, 6.07) is 0. The molecule has 0 saturated carbocycles. The Labute approximate surface area is 54.0 Å². The second kappa shape index (κ2) is 2.35. The molecule has 3 heteroatoms. The maximum absolute atomic E-state index is 10.3. The van der Waals surface area contributed by atoms with E-state index in [-0.39, 0.29) is 0 Å². The lowest BCUT2D eigenvalue weighted by Crippen LogP contribution is -2.34. The van der Waals surface area contributed by atoms with Crippen molar-refractivity contribution in [2.75, 3.05) is 0 Å². The number of halogens is 1. The maximum atomic E-state index is 10.3. The van der Waals surface area contributed by atoms with Gasteiger partial charge in [-0.25, -0.2) is 0 Å². The van der Waals surface area contributed by atoms with Crippen molar-refractivity contribution in [2.45, 2.75) is 25.1 Å². The Balaban J connectivity index is 3.91. The van der Waals surface area contributed by atoms with Crippen LogP contribution in [-0.4, -0.2) is 10.8 Å². The minimum Gasteiger partial charge on any atom is -0.368 e. The Hall–Kier alpha value is -0.240. The highest BCUT2D eigenvalue weighted by molar-refractivity contribution is 6.34. The summed E-state index contributed by atoms with van der Waals surface area (Å²) in [5.41, 5.74) is 4.91. The third kappa shape index (κ3) is 1.70. The molecular weight excluding hydrogens is 126 g/mol. The molecule has 2 N–H and O–H groups in total. The molecule has 0 heterocycles. The highest BCUT2D eigenvalue weighted by atomic mass is 35.5.